The van der Waals surface area contributed by atoms with Crippen molar-refractivity contribution in [2.75, 3.05) is 6.61 Å². The molecule has 4 unspecified atom stereocenters. The Labute approximate surface area is 135 Å². The van der Waals surface area contributed by atoms with Crippen LogP contribution < -0.4 is 0 Å². The van der Waals surface area contributed by atoms with Crippen LogP contribution in [0.15, 0.2) is 24.3 Å². The molecule has 0 saturated carbocycles. The molecule has 0 amide bonds. The van der Waals surface area contributed by atoms with Crippen molar-refractivity contribution in [3.8, 4) is 0 Å². The Balaban J connectivity index is 0.000000441. The molecule has 0 fully saturated rings. The van der Waals surface area contributed by atoms with Crippen LogP contribution in [0.5, 0.6) is 0 Å². The number of carbonyl (C=O) groups is 3. The molecule has 1 aromatic rings. The topological polar surface area (TPSA) is 193 Å². The zero-order valence-electron chi connectivity index (χ0n) is 12.3. The highest BCUT2D eigenvalue weighted by molar-refractivity contribution is 5.91. The van der Waals surface area contributed by atoms with Crippen molar-refractivity contribution < 1.29 is 50.1 Å². The van der Waals surface area contributed by atoms with Crippen LogP contribution in [0.25, 0.3) is 0 Å². The van der Waals surface area contributed by atoms with Gasteiger partial charge in [0.15, 0.2) is 6.29 Å². The highest BCUT2D eigenvalue weighted by Crippen LogP contribution is 2.04. The normalized spacial score (nSPS) is 15.2. The lowest BCUT2D eigenvalue weighted by Gasteiger charge is -2.22. The Morgan fingerprint density at radius 2 is 1.25 bits per heavy atom. The Morgan fingerprint density at radius 1 is 0.875 bits per heavy atom. The Hall–Kier alpha value is -2.37. The molecule has 1 aromatic carbocycles. The first-order valence-electron chi connectivity index (χ1n) is 6.50. The quantitative estimate of drug-likeness (QED) is 0.264. The average molecular weight is 346 g/mol. The van der Waals surface area contributed by atoms with E-state index in [2.05, 4.69) is 0 Å². The Morgan fingerprint density at radius 3 is 1.50 bits per heavy atom. The van der Waals surface area contributed by atoms with Crippen LogP contribution in [0.2, 0.25) is 0 Å². The number of aldehydes is 1. The highest BCUT2D eigenvalue weighted by Gasteiger charge is 2.29. The maximum absolute atomic E-state index is 10.3. The van der Waals surface area contributed by atoms with Gasteiger partial charge in [0, 0.05) is 0 Å². The highest BCUT2D eigenvalue weighted by atomic mass is 16.4. The third kappa shape index (κ3) is 6.81. The Kier molecular flexibility index (Phi) is 9.38. The largest absolute Gasteiger partial charge is 0.478 e. The number of hydrogen-bond acceptors (Lipinski definition) is 8. The summed E-state index contributed by atoms with van der Waals surface area (Å²) in [5.74, 6) is -2.13. The maximum atomic E-state index is 10.3. The van der Waals surface area contributed by atoms with Gasteiger partial charge < -0.3 is 40.5 Å². The molecule has 0 aromatic heterocycles. The molecular formula is C14H18O10. The van der Waals surface area contributed by atoms with E-state index in [4.69, 9.17) is 35.7 Å². The van der Waals surface area contributed by atoms with Gasteiger partial charge in [-0.15, -0.1) is 0 Å². The molecule has 0 radical (unpaired) electrons. The van der Waals surface area contributed by atoms with Gasteiger partial charge in [-0.1, -0.05) is 0 Å². The molecule has 0 aliphatic heterocycles. The number of aliphatic hydroxyl groups excluding tert-OH is 5. The minimum atomic E-state index is -1.79. The third-order valence-electron chi connectivity index (χ3n) is 2.80. The summed E-state index contributed by atoms with van der Waals surface area (Å²) in [4.78, 5) is 30.6. The lowest BCUT2D eigenvalue weighted by molar-refractivity contribution is -0.136. The summed E-state index contributed by atoms with van der Waals surface area (Å²) < 4.78 is 0. The van der Waals surface area contributed by atoms with E-state index in [9.17, 15) is 14.4 Å². The summed E-state index contributed by atoms with van der Waals surface area (Å²) in [7, 11) is 0. The van der Waals surface area contributed by atoms with E-state index in [0.717, 1.165) is 0 Å². The van der Waals surface area contributed by atoms with E-state index in [0.29, 0.717) is 0 Å². The lowest BCUT2D eigenvalue weighted by Crippen LogP contribution is -2.46. The first kappa shape index (κ1) is 21.6. The number of aliphatic hydroxyl groups is 5. The maximum Gasteiger partial charge on any atom is 0.335 e. The van der Waals surface area contributed by atoms with Crippen molar-refractivity contribution in [3.63, 3.8) is 0 Å². The summed E-state index contributed by atoms with van der Waals surface area (Å²) in [6, 6.07) is 5.02. The van der Waals surface area contributed by atoms with Gasteiger partial charge in [0.25, 0.3) is 0 Å². The SMILES string of the molecule is O=C(O)c1ccc(C(=O)O)cc1.O=CC(O)C(O)C(O)C(O)CO. The minimum Gasteiger partial charge on any atom is -0.478 e. The molecule has 0 aliphatic rings. The number of carboxylic acid groups (broad SMARTS) is 2. The number of hydrogen-bond donors (Lipinski definition) is 7. The standard InChI is InChI=1S/C8H6O4.C6H12O6/c9-7(10)5-1-2-6(4-3-5)8(11)12;7-1-3(9)5(11)6(12)4(10)2-8/h1-4H,(H,9,10)(H,11,12);1,3-6,8-12H,2H2. The number of benzene rings is 1. The summed E-state index contributed by atoms with van der Waals surface area (Å²) in [6.07, 6.45) is -6.84. The molecule has 134 valence electrons. The second-order valence-electron chi connectivity index (χ2n) is 4.55. The third-order valence-corrected chi connectivity index (χ3v) is 2.80. The van der Waals surface area contributed by atoms with E-state index in [-0.39, 0.29) is 17.4 Å². The molecule has 0 aliphatic carbocycles. The van der Waals surface area contributed by atoms with Crippen LogP contribution in [-0.4, -0.2) is 85.0 Å². The summed E-state index contributed by atoms with van der Waals surface area (Å²) in [5, 5.41) is 60.5. The van der Waals surface area contributed by atoms with Crippen LogP contribution in [0.3, 0.4) is 0 Å². The van der Waals surface area contributed by atoms with Gasteiger partial charge in [0.2, 0.25) is 0 Å². The van der Waals surface area contributed by atoms with Crippen molar-refractivity contribution in [3.05, 3.63) is 35.4 Å². The lowest BCUT2D eigenvalue weighted by atomic mass is 10.0. The Bertz CT molecular complexity index is 508. The van der Waals surface area contributed by atoms with E-state index in [1.807, 2.05) is 0 Å². The monoisotopic (exact) mass is 346 g/mol. The van der Waals surface area contributed by atoms with Gasteiger partial charge in [-0.2, -0.15) is 0 Å². The second-order valence-corrected chi connectivity index (χ2v) is 4.55. The average Bonchev–Trinajstić information content (AvgIpc) is 2.59. The number of aromatic carboxylic acids is 2. The van der Waals surface area contributed by atoms with Crippen molar-refractivity contribution in [1.29, 1.82) is 0 Å². The van der Waals surface area contributed by atoms with Gasteiger partial charge in [-0.05, 0) is 24.3 Å². The van der Waals surface area contributed by atoms with Crippen LogP contribution in [0.1, 0.15) is 20.7 Å². The van der Waals surface area contributed by atoms with Crippen LogP contribution >= 0.6 is 0 Å². The molecule has 24 heavy (non-hydrogen) atoms. The van der Waals surface area contributed by atoms with Gasteiger partial charge in [-0.25, -0.2) is 9.59 Å². The van der Waals surface area contributed by atoms with Crippen LogP contribution in [-0.2, 0) is 4.79 Å². The predicted octanol–water partition coefficient (Wildman–Crippen LogP) is -2.30. The van der Waals surface area contributed by atoms with Gasteiger partial charge >= 0.3 is 11.9 Å². The zero-order valence-corrected chi connectivity index (χ0v) is 12.3. The number of carbonyl (C=O) groups excluding carboxylic acids is 1. The molecule has 10 heteroatoms. The minimum absolute atomic E-state index is 0.0258. The fourth-order valence-electron chi connectivity index (χ4n) is 1.37. The van der Waals surface area contributed by atoms with E-state index in [1.54, 1.807) is 0 Å². The van der Waals surface area contributed by atoms with E-state index >= 15 is 0 Å². The fraction of sp³-hybridized carbons (Fsp3) is 0.357. The molecular weight excluding hydrogens is 328 g/mol. The van der Waals surface area contributed by atoms with E-state index in [1.165, 1.54) is 24.3 Å². The van der Waals surface area contributed by atoms with E-state index < -0.39 is 43.0 Å². The zero-order chi connectivity index (χ0) is 18.9. The molecule has 4 atom stereocenters. The molecule has 0 saturated heterocycles. The molecule has 7 N–H and O–H groups in total. The van der Waals surface area contributed by atoms with Crippen LogP contribution in [0, 0.1) is 0 Å². The van der Waals surface area contributed by atoms with Crippen LogP contribution in [0.4, 0.5) is 0 Å². The number of rotatable bonds is 7. The fourth-order valence-corrected chi connectivity index (χ4v) is 1.37. The molecule has 0 spiro atoms. The van der Waals surface area contributed by atoms with Crippen molar-refractivity contribution in [1.82, 2.24) is 0 Å². The molecule has 0 heterocycles. The van der Waals surface area contributed by atoms with Crippen molar-refractivity contribution in [2.24, 2.45) is 0 Å². The van der Waals surface area contributed by atoms with Crippen molar-refractivity contribution in [2.45, 2.75) is 24.4 Å². The summed E-state index contributed by atoms with van der Waals surface area (Å²) >= 11 is 0. The predicted molar refractivity (Wildman–Crippen MR) is 77.5 cm³/mol. The molecule has 1 rings (SSSR count). The summed E-state index contributed by atoms with van der Waals surface area (Å²) in [6.45, 7) is -0.760. The molecule has 10 nitrogen and oxygen atoms in total. The second kappa shape index (κ2) is 10.4. The first-order valence-corrected chi connectivity index (χ1v) is 6.50. The van der Waals surface area contributed by atoms with Gasteiger partial charge in [0.1, 0.15) is 24.4 Å². The van der Waals surface area contributed by atoms with Crippen molar-refractivity contribution >= 4 is 18.2 Å². The molecule has 0 bridgehead atoms. The van der Waals surface area contributed by atoms with Gasteiger partial charge in [-0.3, -0.25) is 0 Å². The first-order chi connectivity index (χ1) is 11.1. The van der Waals surface area contributed by atoms with Gasteiger partial charge in [0.05, 0.1) is 17.7 Å². The number of carboxylic acids is 2. The smallest absolute Gasteiger partial charge is 0.335 e. The summed E-state index contributed by atoms with van der Waals surface area (Å²) in [5.41, 5.74) is 0.167.